The molecule has 0 spiro atoms. The standard InChI is InChI=1S/C42H48N4O5/c1-6-22-20-45(3)34-18-31-26-10-8-9-11-32(26)43-36(31)29(17-28(22)35(34)40(48)50-4)23-12-13-33-30(16-23)27-14-15-46-21-24-19-42(38(27)44-33,41(49)51-5)39(46)25(7-2)37(24)47/h6,8-13,16,24-25,28-29,34-35,39,43-44H,7,14-15,17-21H2,1-5H3/b22-6-/t24-,25+,28+,29-,34+,35+,39+,42-/m1/s1. The molecule has 1 saturated carbocycles. The van der Waals surface area contributed by atoms with Gasteiger partial charge in [0.05, 0.1) is 20.1 Å². The molecule has 9 heteroatoms. The Hall–Kier alpha value is -4.21. The number of H-pyrrole nitrogens is 2. The molecule has 4 aromatic rings. The molecular formula is C42H48N4O5. The van der Waals surface area contributed by atoms with Gasteiger partial charge < -0.3 is 19.4 Å². The van der Waals surface area contributed by atoms with Gasteiger partial charge in [0.1, 0.15) is 11.2 Å². The zero-order chi connectivity index (χ0) is 35.3. The van der Waals surface area contributed by atoms with Crippen LogP contribution in [0.15, 0.2) is 54.1 Å². The molecule has 2 aromatic heterocycles. The third-order valence-corrected chi connectivity index (χ3v) is 13.8. The van der Waals surface area contributed by atoms with E-state index in [-0.39, 0.29) is 53.6 Å². The van der Waals surface area contributed by atoms with Crippen molar-refractivity contribution in [1.82, 2.24) is 19.8 Å². The van der Waals surface area contributed by atoms with Gasteiger partial charge in [-0.2, -0.15) is 0 Å². The lowest BCUT2D eigenvalue weighted by Gasteiger charge is -2.56. The summed E-state index contributed by atoms with van der Waals surface area (Å²) in [5.41, 5.74) is 8.26. The van der Waals surface area contributed by atoms with Crippen LogP contribution in [0, 0.1) is 23.7 Å². The van der Waals surface area contributed by atoms with Gasteiger partial charge in [-0.1, -0.05) is 42.8 Å². The highest BCUT2D eigenvalue weighted by atomic mass is 16.5. The minimum Gasteiger partial charge on any atom is -0.469 e. The lowest BCUT2D eigenvalue weighted by Crippen LogP contribution is -2.70. The number of aromatic nitrogens is 2. The van der Waals surface area contributed by atoms with Crippen LogP contribution in [-0.2, 0) is 42.1 Å². The molecule has 0 amide bonds. The van der Waals surface area contributed by atoms with E-state index in [0.29, 0.717) is 25.2 Å². The molecule has 6 bridgehead atoms. The van der Waals surface area contributed by atoms with Crippen molar-refractivity contribution in [2.24, 2.45) is 23.7 Å². The van der Waals surface area contributed by atoms with E-state index in [9.17, 15) is 14.4 Å². The number of methoxy groups -OCH3 is 2. The maximum absolute atomic E-state index is 14.1. The van der Waals surface area contributed by atoms with Gasteiger partial charge in [-0.05, 0) is 86.9 Å². The van der Waals surface area contributed by atoms with Crippen LogP contribution in [-0.4, -0.2) is 90.5 Å². The van der Waals surface area contributed by atoms with Crippen molar-refractivity contribution < 1.29 is 23.9 Å². The number of hydrogen-bond acceptors (Lipinski definition) is 7. The largest absolute Gasteiger partial charge is 0.469 e. The van der Waals surface area contributed by atoms with Crippen LogP contribution in [0.5, 0.6) is 0 Å². The number of hydrogen-bond donors (Lipinski definition) is 2. The van der Waals surface area contributed by atoms with Gasteiger partial charge in [0.25, 0.3) is 0 Å². The van der Waals surface area contributed by atoms with Crippen LogP contribution in [0.2, 0.25) is 0 Å². The van der Waals surface area contributed by atoms with Gasteiger partial charge in [-0.15, -0.1) is 0 Å². The molecule has 6 aliphatic rings. The molecule has 1 unspecified atom stereocenters. The molecule has 51 heavy (non-hydrogen) atoms. The number of rotatable bonds is 4. The number of piperidine rings is 3. The molecule has 9 atom stereocenters. The SMILES string of the molecule is C/C=C1/CN(C)[C@H]2Cc3c([nH]c4ccccc34)[C@@H](c3ccc4[nH]c5c(c4c3)CCN3C[C@H]4C[C@]5(C(=O)OC)[C@@H]3[C@@H](CC)C4=O)C[C@@H]1[C@@H]2C(=O)OC. The number of aromatic amines is 2. The number of nitrogens with one attached hydrogen (secondary N) is 2. The fourth-order valence-electron chi connectivity index (χ4n) is 11.6. The van der Waals surface area contributed by atoms with Crippen molar-refractivity contribution in [3.05, 3.63) is 82.2 Å². The number of ether oxygens (including phenoxy) is 2. The molecule has 9 nitrogen and oxygen atoms in total. The minimum atomic E-state index is -0.917. The third-order valence-electron chi connectivity index (χ3n) is 13.8. The van der Waals surface area contributed by atoms with Crippen LogP contribution in [0.3, 0.4) is 0 Å². The van der Waals surface area contributed by atoms with Crippen LogP contribution in [0.25, 0.3) is 21.8 Å². The molecule has 4 fully saturated rings. The number of fused-ring (bicyclic) bond motifs is 9. The molecule has 2 aliphatic carbocycles. The second-order valence-corrected chi connectivity index (χ2v) is 15.8. The molecule has 2 N–H and O–H groups in total. The van der Waals surface area contributed by atoms with Crippen molar-refractivity contribution in [3.8, 4) is 0 Å². The van der Waals surface area contributed by atoms with E-state index in [4.69, 9.17) is 9.47 Å². The quantitative estimate of drug-likeness (QED) is 0.211. The Morgan fingerprint density at radius 3 is 2.61 bits per heavy atom. The maximum atomic E-state index is 14.1. The number of para-hydroxylation sites is 1. The fraction of sp³-hybridized carbons (Fsp3) is 0.500. The number of likely N-dealkylation sites (tertiary alicyclic amines) is 1. The fourth-order valence-corrected chi connectivity index (χ4v) is 11.6. The van der Waals surface area contributed by atoms with Gasteiger partial charge in [0.2, 0.25) is 0 Å². The van der Waals surface area contributed by atoms with Crippen molar-refractivity contribution in [2.45, 2.75) is 69.4 Å². The average molecular weight is 689 g/mol. The summed E-state index contributed by atoms with van der Waals surface area (Å²) in [6.07, 6.45) is 5.71. The number of likely N-dealkylation sites (N-methyl/N-ethyl adjacent to an activating group) is 1. The molecule has 10 rings (SSSR count). The van der Waals surface area contributed by atoms with Gasteiger partial charge in [0.15, 0.2) is 0 Å². The van der Waals surface area contributed by atoms with E-state index in [1.807, 2.05) is 0 Å². The van der Waals surface area contributed by atoms with Crippen LogP contribution < -0.4 is 0 Å². The summed E-state index contributed by atoms with van der Waals surface area (Å²) >= 11 is 0. The van der Waals surface area contributed by atoms with Crippen molar-refractivity contribution in [3.63, 3.8) is 0 Å². The zero-order valence-corrected chi connectivity index (χ0v) is 30.3. The predicted molar refractivity (Wildman–Crippen MR) is 196 cm³/mol. The summed E-state index contributed by atoms with van der Waals surface area (Å²) in [4.78, 5) is 53.8. The van der Waals surface area contributed by atoms with Gasteiger partial charge in [0, 0.05) is 82.7 Å². The first-order valence-corrected chi connectivity index (χ1v) is 18.8. The number of esters is 2. The first-order chi connectivity index (χ1) is 24.7. The Labute approximate surface area is 298 Å². The highest BCUT2D eigenvalue weighted by molar-refractivity contribution is 5.97. The Kier molecular flexibility index (Phi) is 7.64. The molecule has 2 aromatic carbocycles. The molecule has 266 valence electrons. The van der Waals surface area contributed by atoms with E-state index < -0.39 is 5.41 Å². The Morgan fingerprint density at radius 1 is 1.04 bits per heavy atom. The molecule has 3 saturated heterocycles. The molecule has 6 heterocycles. The normalized spacial score (nSPS) is 33.7. The molecular weight excluding hydrogens is 640 g/mol. The number of carbonyl (C=O) groups is 3. The summed E-state index contributed by atoms with van der Waals surface area (Å²) < 4.78 is 11.2. The number of carbonyl (C=O) groups excluding carboxylic acids is 3. The highest BCUT2D eigenvalue weighted by Crippen LogP contribution is 2.55. The monoisotopic (exact) mass is 688 g/mol. The zero-order valence-electron chi connectivity index (χ0n) is 30.3. The average Bonchev–Trinajstić information content (AvgIpc) is 3.68. The molecule has 0 radical (unpaired) electrons. The summed E-state index contributed by atoms with van der Waals surface area (Å²) in [6, 6.07) is 15.1. The van der Waals surface area contributed by atoms with Crippen LogP contribution in [0.1, 0.15) is 67.1 Å². The lowest BCUT2D eigenvalue weighted by atomic mass is 9.56. The van der Waals surface area contributed by atoms with E-state index in [0.717, 1.165) is 54.5 Å². The molecule has 4 aliphatic heterocycles. The smallest absolute Gasteiger partial charge is 0.319 e. The van der Waals surface area contributed by atoms with E-state index in [2.05, 4.69) is 89.2 Å². The first kappa shape index (κ1) is 32.7. The maximum Gasteiger partial charge on any atom is 0.319 e. The van der Waals surface area contributed by atoms with E-state index in [1.165, 1.54) is 47.6 Å². The Morgan fingerprint density at radius 2 is 1.84 bits per heavy atom. The second-order valence-electron chi connectivity index (χ2n) is 15.8. The van der Waals surface area contributed by atoms with Crippen molar-refractivity contribution in [2.75, 3.05) is 40.9 Å². The van der Waals surface area contributed by atoms with Crippen LogP contribution >= 0.6 is 0 Å². The predicted octanol–water partition coefficient (Wildman–Crippen LogP) is 5.66. The second kappa shape index (κ2) is 11.9. The number of allylic oxidation sites excluding steroid dienone is 1. The van der Waals surface area contributed by atoms with Gasteiger partial charge in [-0.25, -0.2) is 0 Å². The van der Waals surface area contributed by atoms with E-state index >= 15 is 0 Å². The highest BCUT2D eigenvalue weighted by Gasteiger charge is 2.65. The Bertz CT molecular complexity index is 2130. The number of nitrogens with zero attached hydrogens (tertiary/aromatic N) is 2. The van der Waals surface area contributed by atoms with Crippen molar-refractivity contribution >= 4 is 39.5 Å². The third kappa shape index (κ3) is 4.49. The lowest BCUT2D eigenvalue weighted by molar-refractivity contribution is -0.167. The summed E-state index contributed by atoms with van der Waals surface area (Å²) in [6.45, 7) is 6.50. The van der Waals surface area contributed by atoms with Crippen LogP contribution in [0.4, 0.5) is 0 Å². The summed E-state index contributed by atoms with van der Waals surface area (Å²) in [5.74, 6) is -0.700. The number of ketones is 1. The van der Waals surface area contributed by atoms with Crippen molar-refractivity contribution in [1.29, 1.82) is 0 Å². The topological polar surface area (TPSA) is 108 Å². The van der Waals surface area contributed by atoms with Gasteiger partial charge >= 0.3 is 11.9 Å². The first-order valence-electron chi connectivity index (χ1n) is 18.8. The Balaban J connectivity index is 1.24. The van der Waals surface area contributed by atoms with E-state index in [1.54, 1.807) is 0 Å². The summed E-state index contributed by atoms with van der Waals surface area (Å²) in [7, 11) is 5.14. The number of Topliss-reactive ketones (excluding diaryl/α,β-unsaturated/α-hetero) is 1. The van der Waals surface area contributed by atoms with Gasteiger partial charge in [-0.3, -0.25) is 24.2 Å². The number of benzene rings is 2. The minimum absolute atomic E-state index is 0.000224. The summed E-state index contributed by atoms with van der Waals surface area (Å²) in [5, 5.41) is 2.34.